The van der Waals surface area contributed by atoms with Crippen molar-refractivity contribution in [3.63, 3.8) is 0 Å². The van der Waals surface area contributed by atoms with E-state index in [1.807, 2.05) is 13.8 Å². The summed E-state index contributed by atoms with van der Waals surface area (Å²) in [5.74, 6) is 0.232. The number of amides is 1. The maximum absolute atomic E-state index is 12.1. The highest BCUT2D eigenvalue weighted by Gasteiger charge is 2.15. The fourth-order valence-corrected chi connectivity index (χ4v) is 2.73. The molecule has 0 bridgehead atoms. The number of aryl methyl sites for hydroxylation is 2. The van der Waals surface area contributed by atoms with Gasteiger partial charge in [-0.15, -0.1) is 11.3 Å². The first-order valence-corrected chi connectivity index (χ1v) is 6.74. The van der Waals surface area contributed by atoms with Gasteiger partial charge in [-0.25, -0.2) is 9.97 Å². The van der Waals surface area contributed by atoms with Crippen molar-refractivity contribution in [2.45, 2.75) is 13.8 Å². The molecular weight excluding hydrogens is 316 g/mol. The summed E-state index contributed by atoms with van der Waals surface area (Å²) >= 11 is 4.66. The van der Waals surface area contributed by atoms with Crippen LogP contribution in [-0.4, -0.2) is 15.9 Å². The summed E-state index contributed by atoms with van der Waals surface area (Å²) < 4.78 is 0.648. The van der Waals surface area contributed by atoms with E-state index in [0.29, 0.717) is 20.9 Å². The van der Waals surface area contributed by atoms with Gasteiger partial charge in [0, 0.05) is 0 Å². The average Bonchev–Trinajstić information content (AvgIpc) is 2.62. The van der Waals surface area contributed by atoms with E-state index in [9.17, 15) is 4.79 Å². The molecule has 94 valence electrons. The number of nitrogens with one attached hydrogen (secondary N) is 1. The molecule has 0 atom stereocenters. The number of nitrogen functional groups attached to an aromatic ring is 1. The van der Waals surface area contributed by atoms with Gasteiger partial charge in [-0.1, -0.05) is 0 Å². The molecule has 0 saturated carbocycles. The summed E-state index contributed by atoms with van der Waals surface area (Å²) in [5.41, 5.74) is 6.84. The van der Waals surface area contributed by atoms with Gasteiger partial charge in [0.25, 0.3) is 5.91 Å². The van der Waals surface area contributed by atoms with Crippen LogP contribution in [0.3, 0.4) is 0 Å². The van der Waals surface area contributed by atoms with Crippen LogP contribution in [0.25, 0.3) is 0 Å². The second-order valence-electron chi connectivity index (χ2n) is 3.70. The van der Waals surface area contributed by atoms with Crippen LogP contribution in [0.15, 0.2) is 16.7 Å². The molecule has 0 saturated heterocycles. The van der Waals surface area contributed by atoms with Crippen LogP contribution in [0, 0.1) is 13.8 Å². The number of carbonyl (C=O) groups is 1. The van der Waals surface area contributed by atoms with Crippen molar-refractivity contribution >= 4 is 44.7 Å². The lowest BCUT2D eigenvalue weighted by Crippen LogP contribution is -2.13. The lowest BCUT2D eigenvalue weighted by atomic mass is 10.3. The second-order valence-corrected chi connectivity index (χ2v) is 5.76. The minimum atomic E-state index is -0.212. The molecule has 2 heterocycles. The number of aromatic nitrogens is 2. The molecular formula is C11H11BrN4OS. The largest absolute Gasteiger partial charge is 0.397 e. The van der Waals surface area contributed by atoms with E-state index in [1.165, 1.54) is 17.5 Å². The van der Waals surface area contributed by atoms with Gasteiger partial charge in [-0.2, -0.15) is 0 Å². The SMILES string of the molecule is Cc1nc(C)c(C(=O)Nc2ncc(N)cc2Br)s1. The molecule has 3 N–H and O–H groups in total. The minimum Gasteiger partial charge on any atom is -0.397 e. The Morgan fingerprint density at radius 3 is 2.78 bits per heavy atom. The molecule has 0 aliphatic heterocycles. The van der Waals surface area contributed by atoms with E-state index in [4.69, 9.17) is 5.73 Å². The first-order chi connectivity index (χ1) is 8.47. The molecule has 0 radical (unpaired) electrons. The zero-order chi connectivity index (χ0) is 13.3. The van der Waals surface area contributed by atoms with E-state index >= 15 is 0 Å². The van der Waals surface area contributed by atoms with E-state index in [2.05, 4.69) is 31.2 Å². The summed E-state index contributed by atoms with van der Waals surface area (Å²) in [6, 6.07) is 1.69. The predicted octanol–water partition coefficient (Wildman–Crippen LogP) is 2.75. The minimum absolute atomic E-state index is 0.212. The number of nitrogens with zero attached hydrogens (tertiary/aromatic N) is 2. The molecule has 1 amide bonds. The van der Waals surface area contributed by atoms with E-state index in [0.717, 1.165) is 10.7 Å². The van der Waals surface area contributed by atoms with Crippen LogP contribution >= 0.6 is 27.3 Å². The normalized spacial score (nSPS) is 10.4. The van der Waals surface area contributed by atoms with Gasteiger partial charge in [0.15, 0.2) is 0 Å². The topological polar surface area (TPSA) is 80.9 Å². The van der Waals surface area contributed by atoms with Gasteiger partial charge >= 0.3 is 0 Å². The van der Waals surface area contributed by atoms with Crippen molar-refractivity contribution in [3.05, 3.63) is 32.3 Å². The fraction of sp³-hybridized carbons (Fsp3) is 0.182. The van der Waals surface area contributed by atoms with Crippen LogP contribution in [0.5, 0.6) is 0 Å². The number of carbonyl (C=O) groups excluding carboxylic acids is 1. The molecule has 0 unspecified atom stereocenters. The highest BCUT2D eigenvalue weighted by molar-refractivity contribution is 9.10. The van der Waals surface area contributed by atoms with Gasteiger partial charge in [-0.3, -0.25) is 4.79 Å². The average molecular weight is 327 g/mol. The summed E-state index contributed by atoms with van der Waals surface area (Å²) in [5, 5.41) is 3.59. The zero-order valence-electron chi connectivity index (χ0n) is 9.82. The van der Waals surface area contributed by atoms with Crippen molar-refractivity contribution in [1.29, 1.82) is 0 Å². The summed E-state index contributed by atoms with van der Waals surface area (Å²) in [6.45, 7) is 3.68. The first-order valence-electron chi connectivity index (χ1n) is 5.14. The van der Waals surface area contributed by atoms with Crippen molar-refractivity contribution in [3.8, 4) is 0 Å². The third kappa shape index (κ3) is 2.68. The highest BCUT2D eigenvalue weighted by Crippen LogP contribution is 2.24. The van der Waals surface area contributed by atoms with Gasteiger partial charge in [0.05, 0.1) is 27.1 Å². The third-order valence-electron chi connectivity index (χ3n) is 2.20. The molecule has 2 rings (SSSR count). The standard InChI is InChI=1S/C11H11BrN4OS/c1-5-9(18-6(2)15-5)11(17)16-10-8(12)3-7(13)4-14-10/h3-4H,13H2,1-2H3,(H,14,16,17). The van der Waals surface area contributed by atoms with Crippen molar-refractivity contribution < 1.29 is 4.79 Å². The van der Waals surface area contributed by atoms with Crippen LogP contribution in [0.2, 0.25) is 0 Å². The Bertz CT molecular complexity index is 611. The summed E-state index contributed by atoms with van der Waals surface area (Å²) in [6.07, 6.45) is 1.49. The smallest absolute Gasteiger partial charge is 0.268 e. The van der Waals surface area contributed by atoms with E-state index < -0.39 is 0 Å². The van der Waals surface area contributed by atoms with Crippen LogP contribution in [-0.2, 0) is 0 Å². The molecule has 0 fully saturated rings. The van der Waals surface area contributed by atoms with Crippen molar-refractivity contribution in [2.75, 3.05) is 11.1 Å². The third-order valence-corrected chi connectivity index (χ3v) is 3.88. The van der Waals surface area contributed by atoms with Crippen LogP contribution in [0.1, 0.15) is 20.4 Å². The Kier molecular flexibility index (Phi) is 3.63. The Labute approximate surface area is 117 Å². The molecule has 0 aliphatic carbocycles. The second kappa shape index (κ2) is 5.03. The number of rotatable bonds is 2. The lowest BCUT2D eigenvalue weighted by molar-refractivity contribution is 0.102. The molecule has 0 spiro atoms. The Morgan fingerprint density at radius 2 is 2.22 bits per heavy atom. The quantitative estimate of drug-likeness (QED) is 0.889. The van der Waals surface area contributed by atoms with Gasteiger partial charge in [0.2, 0.25) is 0 Å². The first kappa shape index (κ1) is 13.0. The Hall–Kier alpha value is -1.47. The van der Waals surface area contributed by atoms with E-state index in [1.54, 1.807) is 6.07 Å². The Morgan fingerprint density at radius 1 is 1.50 bits per heavy atom. The van der Waals surface area contributed by atoms with Gasteiger partial charge < -0.3 is 11.1 Å². The lowest BCUT2D eigenvalue weighted by Gasteiger charge is -2.05. The molecule has 0 aliphatic rings. The number of halogens is 1. The highest BCUT2D eigenvalue weighted by atomic mass is 79.9. The summed E-state index contributed by atoms with van der Waals surface area (Å²) in [4.78, 5) is 20.9. The fourth-order valence-electron chi connectivity index (χ4n) is 1.45. The number of hydrogen-bond acceptors (Lipinski definition) is 5. The number of hydrogen-bond donors (Lipinski definition) is 2. The van der Waals surface area contributed by atoms with Crippen LogP contribution in [0.4, 0.5) is 11.5 Å². The number of pyridine rings is 1. The molecule has 0 aromatic carbocycles. The maximum atomic E-state index is 12.1. The number of anilines is 2. The Balaban J connectivity index is 2.24. The van der Waals surface area contributed by atoms with Crippen molar-refractivity contribution in [1.82, 2.24) is 9.97 Å². The maximum Gasteiger partial charge on any atom is 0.268 e. The van der Waals surface area contributed by atoms with E-state index in [-0.39, 0.29) is 5.91 Å². The molecule has 2 aromatic rings. The molecule has 2 aromatic heterocycles. The monoisotopic (exact) mass is 326 g/mol. The molecule has 5 nitrogen and oxygen atoms in total. The zero-order valence-corrected chi connectivity index (χ0v) is 12.2. The molecule has 7 heteroatoms. The van der Waals surface area contributed by atoms with Crippen LogP contribution < -0.4 is 11.1 Å². The summed E-state index contributed by atoms with van der Waals surface area (Å²) in [7, 11) is 0. The van der Waals surface area contributed by atoms with Gasteiger partial charge in [0.1, 0.15) is 10.7 Å². The number of thiazole rings is 1. The number of nitrogens with two attached hydrogens (primary N) is 1. The predicted molar refractivity (Wildman–Crippen MR) is 75.9 cm³/mol. The molecule has 18 heavy (non-hydrogen) atoms. The van der Waals surface area contributed by atoms with Gasteiger partial charge in [-0.05, 0) is 35.8 Å². The van der Waals surface area contributed by atoms with Crippen molar-refractivity contribution in [2.24, 2.45) is 0 Å².